The minimum absolute atomic E-state index is 0. The van der Waals surface area contributed by atoms with Gasteiger partial charge in [0, 0.05) is 6.54 Å². The van der Waals surface area contributed by atoms with Crippen molar-refractivity contribution >= 4 is 18.3 Å². The molecule has 0 unspecified atom stereocenters. The molecule has 0 saturated carbocycles. The largest absolute Gasteiger partial charge is 0.493 e. The van der Waals surface area contributed by atoms with Gasteiger partial charge in [0.05, 0.1) is 13.2 Å². The van der Waals surface area contributed by atoms with Gasteiger partial charge in [-0.15, -0.1) is 12.4 Å². The summed E-state index contributed by atoms with van der Waals surface area (Å²) in [6, 6.07) is 14.6. The molecule has 2 rings (SSSR count). The summed E-state index contributed by atoms with van der Waals surface area (Å²) >= 11 is 0. The maximum Gasteiger partial charge on any atom is 0.237 e. The zero-order chi connectivity index (χ0) is 18.2. The zero-order valence-corrected chi connectivity index (χ0v) is 16.2. The molecule has 0 bridgehead atoms. The van der Waals surface area contributed by atoms with Crippen LogP contribution in [0.2, 0.25) is 0 Å². The predicted octanol–water partition coefficient (Wildman–Crippen LogP) is 3.90. The molecule has 0 saturated heterocycles. The van der Waals surface area contributed by atoms with Gasteiger partial charge in [-0.25, -0.2) is 0 Å². The van der Waals surface area contributed by atoms with Crippen LogP contribution in [-0.4, -0.2) is 19.1 Å². The molecule has 0 heterocycles. The SMILES string of the molecule is COc1ccccc1Oc1ccc(CNC(=O)[C@@H](N)CC(C)C)cc1.Cl. The number of carbonyl (C=O) groups is 1. The van der Waals surface area contributed by atoms with Crippen molar-refractivity contribution in [3.8, 4) is 17.2 Å². The van der Waals surface area contributed by atoms with Gasteiger partial charge in [0.15, 0.2) is 11.5 Å². The van der Waals surface area contributed by atoms with Crippen molar-refractivity contribution in [2.75, 3.05) is 7.11 Å². The number of benzene rings is 2. The van der Waals surface area contributed by atoms with Gasteiger partial charge < -0.3 is 20.5 Å². The second-order valence-electron chi connectivity index (χ2n) is 6.35. The second kappa shape index (κ2) is 10.7. The van der Waals surface area contributed by atoms with Crippen molar-refractivity contribution in [1.29, 1.82) is 0 Å². The lowest BCUT2D eigenvalue weighted by atomic mass is 10.0. The lowest BCUT2D eigenvalue weighted by Crippen LogP contribution is -2.40. The third kappa shape index (κ3) is 6.58. The summed E-state index contributed by atoms with van der Waals surface area (Å²) in [7, 11) is 1.61. The highest BCUT2D eigenvalue weighted by Crippen LogP contribution is 2.30. The fraction of sp³-hybridized carbons (Fsp3) is 0.350. The molecular formula is C20H27ClN2O3. The first-order valence-corrected chi connectivity index (χ1v) is 8.42. The average molecular weight is 379 g/mol. The maximum absolute atomic E-state index is 12.0. The molecule has 26 heavy (non-hydrogen) atoms. The van der Waals surface area contributed by atoms with E-state index in [1.807, 2.05) is 62.4 Å². The highest BCUT2D eigenvalue weighted by atomic mass is 35.5. The standard InChI is InChI=1S/C20H26N2O3.ClH/c1-14(2)12-17(21)20(23)22-13-15-8-10-16(11-9-15)25-19-7-5-4-6-18(19)24-3;/h4-11,14,17H,12-13,21H2,1-3H3,(H,22,23);1H/t17-;/m0./s1. The maximum atomic E-state index is 12.0. The van der Waals surface area contributed by atoms with Crippen LogP contribution in [0.25, 0.3) is 0 Å². The van der Waals surface area contributed by atoms with E-state index in [1.54, 1.807) is 7.11 Å². The van der Waals surface area contributed by atoms with Gasteiger partial charge in [0.1, 0.15) is 5.75 Å². The Morgan fingerprint density at radius 2 is 1.69 bits per heavy atom. The molecule has 1 amide bonds. The van der Waals surface area contributed by atoms with Crippen LogP contribution in [0.1, 0.15) is 25.8 Å². The molecule has 0 aliphatic heterocycles. The normalized spacial score (nSPS) is 11.4. The molecule has 142 valence electrons. The van der Waals surface area contributed by atoms with Crippen molar-refractivity contribution in [3.63, 3.8) is 0 Å². The third-order valence-electron chi connectivity index (χ3n) is 3.75. The van der Waals surface area contributed by atoms with Crippen LogP contribution < -0.4 is 20.5 Å². The highest BCUT2D eigenvalue weighted by Gasteiger charge is 2.14. The Hall–Kier alpha value is -2.24. The Bertz CT molecular complexity index is 690. The summed E-state index contributed by atoms with van der Waals surface area (Å²) < 4.78 is 11.1. The zero-order valence-electron chi connectivity index (χ0n) is 15.4. The number of nitrogens with one attached hydrogen (secondary N) is 1. The van der Waals surface area contributed by atoms with Crippen molar-refractivity contribution < 1.29 is 14.3 Å². The monoisotopic (exact) mass is 378 g/mol. The van der Waals surface area contributed by atoms with Crippen molar-refractivity contribution in [2.24, 2.45) is 11.7 Å². The Labute approximate surface area is 161 Å². The number of para-hydroxylation sites is 2. The predicted molar refractivity (Wildman–Crippen MR) is 106 cm³/mol. The van der Waals surface area contributed by atoms with E-state index in [4.69, 9.17) is 15.2 Å². The molecule has 0 aliphatic carbocycles. The topological polar surface area (TPSA) is 73.6 Å². The van der Waals surface area contributed by atoms with Crippen LogP contribution >= 0.6 is 12.4 Å². The number of hydrogen-bond donors (Lipinski definition) is 2. The van der Waals surface area contributed by atoms with Gasteiger partial charge >= 0.3 is 0 Å². The fourth-order valence-electron chi connectivity index (χ4n) is 2.44. The average Bonchev–Trinajstić information content (AvgIpc) is 2.60. The Morgan fingerprint density at radius 3 is 2.27 bits per heavy atom. The minimum atomic E-state index is -0.465. The molecule has 2 aromatic carbocycles. The number of nitrogens with two attached hydrogens (primary N) is 1. The van der Waals surface area contributed by atoms with E-state index in [1.165, 1.54) is 0 Å². The van der Waals surface area contributed by atoms with Gasteiger partial charge in [-0.05, 0) is 42.2 Å². The number of carbonyl (C=O) groups excluding carboxylic acids is 1. The highest BCUT2D eigenvalue weighted by molar-refractivity contribution is 5.85. The molecule has 6 heteroatoms. The van der Waals surface area contributed by atoms with E-state index in [0.29, 0.717) is 36.1 Å². The molecule has 2 aromatic rings. The molecule has 1 atom stereocenters. The molecule has 5 nitrogen and oxygen atoms in total. The second-order valence-corrected chi connectivity index (χ2v) is 6.35. The van der Waals surface area contributed by atoms with Gasteiger partial charge in [-0.1, -0.05) is 38.1 Å². The smallest absolute Gasteiger partial charge is 0.237 e. The first kappa shape index (κ1) is 21.8. The molecule has 0 radical (unpaired) electrons. The van der Waals surface area contributed by atoms with Crippen molar-refractivity contribution in [3.05, 3.63) is 54.1 Å². The molecule has 3 N–H and O–H groups in total. The summed E-state index contributed by atoms with van der Waals surface area (Å²) in [6.07, 6.45) is 0.678. The number of methoxy groups -OCH3 is 1. The molecular weight excluding hydrogens is 352 g/mol. The Morgan fingerprint density at radius 1 is 1.08 bits per heavy atom. The first-order chi connectivity index (χ1) is 12.0. The summed E-state index contributed by atoms with van der Waals surface area (Å²) in [5.74, 6) is 2.31. The number of ether oxygens (including phenoxy) is 2. The lowest BCUT2D eigenvalue weighted by molar-refractivity contribution is -0.122. The van der Waals surface area contributed by atoms with E-state index in [0.717, 1.165) is 5.56 Å². The summed E-state index contributed by atoms with van der Waals surface area (Å²) in [6.45, 7) is 4.54. The molecule has 0 fully saturated rings. The number of halogens is 1. The van der Waals surface area contributed by atoms with Crippen LogP contribution in [0.5, 0.6) is 17.2 Å². The van der Waals surface area contributed by atoms with Crippen LogP contribution in [0, 0.1) is 5.92 Å². The van der Waals surface area contributed by atoms with Gasteiger partial charge in [0.2, 0.25) is 5.91 Å². The quantitative estimate of drug-likeness (QED) is 0.730. The number of rotatable bonds is 8. The van der Waals surface area contributed by atoms with Crippen LogP contribution in [0.15, 0.2) is 48.5 Å². The molecule has 0 aromatic heterocycles. The van der Waals surface area contributed by atoms with Crippen LogP contribution in [-0.2, 0) is 11.3 Å². The van der Waals surface area contributed by atoms with E-state index in [9.17, 15) is 4.79 Å². The van der Waals surface area contributed by atoms with Crippen LogP contribution in [0.4, 0.5) is 0 Å². The van der Waals surface area contributed by atoms with Gasteiger partial charge in [-0.2, -0.15) is 0 Å². The van der Waals surface area contributed by atoms with E-state index >= 15 is 0 Å². The van der Waals surface area contributed by atoms with E-state index < -0.39 is 6.04 Å². The number of hydrogen-bond acceptors (Lipinski definition) is 4. The number of amides is 1. The molecule has 0 spiro atoms. The third-order valence-corrected chi connectivity index (χ3v) is 3.75. The van der Waals surface area contributed by atoms with E-state index in [-0.39, 0.29) is 18.3 Å². The summed E-state index contributed by atoms with van der Waals surface area (Å²) in [5.41, 5.74) is 6.86. The summed E-state index contributed by atoms with van der Waals surface area (Å²) in [5, 5.41) is 2.87. The van der Waals surface area contributed by atoms with Gasteiger partial charge in [-0.3, -0.25) is 4.79 Å². The van der Waals surface area contributed by atoms with Gasteiger partial charge in [0.25, 0.3) is 0 Å². The lowest BCUT2D eigenvalue weighted by Gasteiger charge is -2.14. The Balaban J connectivity index is 0.00000338. The summed E-state index contributed by atoms with van der Waals surface area (Å²) in [4.78, 5) is 12.0. The van der Waals surface area contributed by atoms with Crippen molar-refractivity contribution in [2.45, 2.75) is 32.9 Å². The van der Waals surface area contributed by atoms with Crippen LogP contribution in [0.3, 0.4) is 0 Å². The minimum Gasteiger partial charge on any atom is -0.493 e. The fourth-order valence-corrected chi connectivity index (χ4v) is 2.44. The first-order valence-electron chi connectivity index (χ1n) is 8.42. The van der Waals surface area contributed by atoms with E-state index in [2.05, 4.69) is 5.32 Å². The Kier molecular flexibility index (Phi) is 8.96. The molecule has 0 aliphatic rings. The van der Waals surface area contributed by atoms with Crippen molar-refractivity contribution in [1.82, 2.24) is 5.32 Å².